The molecule has 0 aliphatic carbocycles. The fourth-order valence-electron chi connectivity index (χ4n) is 2.39. The maximum atomic E-state index is 6.01. The van der Waals surface area contributed by atoms with Crippen molar-refractivity contribution in [2.45, 2.75) is 39.5 Å². The molecule has 0 saturated carbocycles. The molecule has 2 heteroatoms. The van der Waals surface area contributed by atoms with Gasteiger partial charge in [0.2, 0.25) is 0 Å². The quantitative estimate of drug-likeness (QED) is 0.706. The van der Waals surface area contributed by atoms with E-state index in [1.54, 1.807) is 0 Å². The number of halogens is 1. The fourth-order valence-corrected chi connectivity index (χ4v) is 2.51. The van der Waals surface area contributed by atoms with Gasteiger partial charge < -0.3 is 5.73 Å². The molecular formula is C18H22ClN. The topological polar surface area (TPSA) is 26.0 Å². The summed E-state index contributed by atoms with van der Waals surface area (Å²) in [6.07, 6.45) is 0. The van der Waals surface area contributed by atoms with Gasteiger partial charge in [0.25, 0.3) is 0 Å². The van der Waals surface area contributed by atoms with Gasteiger partial charge in [-0.05, 0) is 46.2 Å². The maximum Gasteiger partial charge on any atom is 0.0635 e. The third kappa shape index (κ3) is 2.99. The van der Waals surface area contributed by atoms with Gasteiger partial charge in [-0.1, -0.05) is 63.6 Å². The molecule has 20 heavy (non-hydrogen) atoms. The Bertz CT molecular complexity index is 615. The highest BCUT2D eigenvalue weighted by molar-refractivity contribution is 6.33. The monoisotopic (exact) mass is 287 g/mol. The van der Waals surface area contributed by atoms with Crippen LogP contribution in [0.1, 0.15) is 50.7 Å². The van der Waals surface area contributed by atoms with E-state index < -0.39 is 0 Å². The zero-order chi connectivity index (χ0) is 14.9. The fraction of sp³-hybridized carbons (Fsp3) is 0.333. The van der Waals surface area contributed by atoms with Crippen LogP contribution in [0.2, 0.25) is 5.02 Å². The minimum Gasteiger partial charge on any atom is -0.398 e. The third-order valence-corrected chi connectivity index (χ3v) is 4.02. The van der Waals surface area contributed by atoms with E-state index in [0.29, 0.717) is 22.5 Å². The summed E-state index contributed by atoms with van der Waals surface area (Å²) in [5, 5.41) is 0.610. The van der Waals surface area contributed by atoms with Gasteiger partial charge in [-0.15, -0.1) is 0 Å². The van der Waals surface area contributed by atoms with Gasteiger partial charge in [0.1, 0.15) is 0 Å². The number of nitrogens with two attached hydrogens (primary N) is 1. The van der Waals surface area contributed by atoms with Crippen molar-refractivity contribution < 1.29 is 0 Å². The van der Waals surface area contributed by atoms with Crippen molar-refractivity contribution in [3.8, 4) is 11.1 Å². The average Bonchev–Trinajstić information content (AvgIpc) is 2.41. The van der Waals surface area contributed by atoms with E-state index >= 15 is 0 Å². The first-order chi connectivity index (χ1) is 9.40. The van der Waals surface area contributed by atoms with E-state index in [9.17, 15) is 0 Å². The van der Waals surface area contributed by atoms with Crippen molar-refractivity contribution in [1.29, 1.82) is 0 Å². The Morgan fingerprint density at radius 3 is 2.15 bits per heavy atom. The summed E-state index contributed by atoms with van der Waals surface area (Å²) in [7, 11) is 0. The van der Waals surface area contributed by atoms with Crippen LogP contribution in [0.4, 0.5) is 5.69 Å². The molecule has 0 saturated heterocycles. The zero-order valence-electron chi connectivity index (χ0n) is 12.6. The summed E-state index contributed by atoms with van der Waals surface area (Å²) in [5.41, 5.74) is 11.7. The predicted octanol–water partition coefficient (Wildman–Crippen LogP) is 5.84. The summed E-state index contributed by atoms with van der Waals surface area (Å²) in [6, 6.07) is 12.6. The van der Waals surface area contributed by atoms with Gasteiger partial charge in [0.15, 0.2) is 0 Å². The zero-order valence-corrected chi connectivity index (χ0v) is 13.3. The Labute approximate surface area is 126 Å². The molecule has 0 unspecified atom stereocenters. The van der Waals surface area contributed by atoms with E-state index in [-0.39, 0.29) is 0 Å². The number of anilines is 1. The SMILES string of the molecule is CC(C)c1ccc(-c2ccc(Cl)c(N)c2)c(C(C)C)c1. The van der Waals surface area contributed by atoms with Crippen LogP contribution in [-0.2, 0) is 0 Å². The summed E-state index contributed by atoms with van der Waals surface area (Å²) < 4.78 is 0. The minimum atomic E-state index is 0.473. The maximum absolute atomic E-state index is 6.01. The van der Waals surface area contributed by atoms with Gasteiger partial charge in [-0.25, -0.2) is 0 Å². The second-order valence-corrected chi connectivity index (χ2v) is 6.30. The Morgan fingerprint density at radius 1 is 0.900 bits per heavy atom. The van der Waals surface area contributed by atoms with Gasteiger partial charge in [0.05, 0.1) is 10.7 Å². The molecule has 0 fully saturated rings. The van der Waals surface area contributed by atoms with E-state index in [4.69, 9.17) is 17.3 Å². The van der Waals surface area contributed by atoms with Crippen molar-refractivity contribution in [3.63, 3.8) is 0 Å². The van der Waals surface area contributed by atoms with Crippen LogP contribution in [0.3, 0.4) is 0 Å². The Morgan fingerprint density at radius 2 is 1.60 bits per heavy atom. The van der Waals surface area contributed by atoms with Crippen LogP contribution in [-0.4, -0.2) is 0 Å². The summed E-state index contributed by atoms with van der Waals surface area (Å²) >= 11 is 6.01. The molecule has 0 atom stereocenters. The Hall–Kier alpha value is -1.47. The molecule has 2 aromatic carbocycles. The lowest BCUT2D eigenvalue weighted by molar-refractivity contribution is 0.835. The van der Waals surface area contributed by atoms with Crippen LogP contribution in [0, 0.1) is 0 Å². The first-order valence-corrected chi connectivity index (χ1v) is 7.47. The van der Waals surface area contributed by atoms with Crippen molar-refractivity contribution in [3.05, 3.63) is 52.5 Å². The summed E-state index contributed by atoms with van der Waals surface area (Å²) in [5.74, 6) is 1.01. The molecule has 0 bridgehead atoms. The van der Waals surface area contributed by atoms with Crippen LogP contribution in [0.25, 0.3) is 11.1 Å². The van der Waals surface area contributed by atoms with Crippen LogP contribution >= 0.6 is 11.6 Å². The first kappa shape index (κ1) is 14.9. The van der Waals surface area contributed by atoms with Crippen LogP contribution < -0.4 is 5.73 Å². The summed E-state index contributed by atoms with van der Waals surface area (Å²) in [6.45, 7) is 8.89. The third-order valence-electron chi connectivity index (χ3n) is 3.67. The minimum absolute atomic E-state index is 0.473. The molecule has 1 nitrogen and oxygen atoms in total. The molecule has 2 rings (SSSR count). The van der Waals surface area contributed by atoms with Crippen LogP contribution in [0.5, 0.6) is 0 Å². The van der Waals surface area contributed by atoms with E-state index in [2.05, 4.69) is 45.9 Å². The predicted molar refractivity (Wildman–Crippen MR) is 89.5 cm³/mol. The number of hydrogen-bond acceptors (Lipinski definition) is 1. The highest BCUT2D eigenvalue weighted by atomic mass is 35.5. The van der Waals surface area contributed by atoms with E-state index in [1.165, 1.54) is 16.7 Å². The molecule has 0 heterocycles. The summed E-state index contributed by atoms with van der Waals surface area (Å²) in [4.78, 5) is 0. The lowest BCUT2D eigenvalue weighted by Gasteiger charge is -2.17. The van der Waals surface area contributed by atoms with Gasteiger partial charge >= 0.3 is 0 Å². The lowest BCUT2D eigenvalue weighted by atomic mass is 9.88. The number of nitrogen functional groups attached to an aromatic ring is 1. The highest BCUT2D eigenvalue weighted by Crippen LogP contribution is 2.34. The van der Waals surface area contributed by atoms with Gasteiger partial charge in [0, 0.05) is 0 Å². The molecule has 2 N–H and O–H groups in total. The molecule has 0 radical (unpaired) electrons. The second kappa shape index (κ2) is 5.88. The Kier molecular flexibility index (Phi) is 4.39. The Balaban J connectivity index is 2.58. The lowest BCUT2D eigenvalue weighted by Crippen LogP contribution is -1.97. The highest BCUT2D eigenvalue weighted by Gasteiger charge is 2.12. The average molecular weight is 288 g/mol. The first-order valence-electron chi connectivity index (χ1n) is 7.09. The van der Waals surface area contributed by atoms with Gasteiger partial charge in [-0.3, -0.25) is 0 Å². The standard InChI is InChI=1S/C18H22ClN/c1-11(2)13-5-7-15(16(9-13)12(3)4)14-6-8-17(19)18(20)10-14/h5-12H,20H2,1-4H3. The van der Waals surface area contributed by atoms with Gasteiger partial charge in [-0.2, -0.15) is 0 Å². The largest absolute Gasteiger partial charge is 0.398 e. The normalized spacial score (nSPS) is 11.3. The molecule has 0 aromatic heterocycles. The molecule has 0 aliphatic rings. The molecule has 0 amide bonds. The van der Waals surface area contributed by atoms with Crippen molar-refractivity contribution in [2.24, 2.45) is 0 Å². The van der Waals surface area contributed by atoms with Crippen LogP contribution in [0.15, 0.2) is 36.4 Å². The molecule has 2 aromatic rings. The molecule has 0 aliphatic heterocycles. The van der Waals surface area contributed by atoms with Crippen molar-refractivity contribution in [2.75, 3.05) is 5.73 Å². The molecule has 106 valence electrons. The molecule has 0 spiro atoms. The van der Waals surface area contributed by atoms with Crippen molar-refractivity contribution >= 4 is 17.3 Å². The smallest absolute Gasteiger partial charge is 0.0635 e. The molecular weight excluding hydrogens is 266 g/mol. The second-order valence-electron chi connectivity index (χ2n) is 5.89. The van der Waals surface area contributed by atoms with E-state index in [1.807, 2.05) is 18.2 Å². The number of hydrogen-bond donors (Lipinski definition) is 1. The number of rotatable bonds is 3. The van der Waals surface area contributed by atoms with E-state index in [0.717, 1.165) is 5.56 Å². The van der Waals surface area contributed by atoms with Crippen molar-refractivity contribution in [1.82, 2.24) is 0 Å². The number of benzene rings is 2.